The van der Waals surface area contributed by atoms with Gasteiger partial charge in [0.05, 0.1) is 13.2 Å². The van der Waals surface area contributed by atoms with E-state index in [0.29, 0.717) is 26.2 Å². The molecule has 0 N–H and O–H groups in total. The third kappa shape index (κ3) is 11.7. The first-order valence-electron chi connectivity index (χ1n) is 4.53. The summed E-state index contributed by atoms with van der Waals surface area (Å²) in [6.45, 7) is 1.44. The molecule has 18 heavy (non-hydrogen) atoms. The minimum absolute atomic E-state index is 0.291. The quantitative estimate of drug-likeness (QED) is 0.688. The highest BCUT2D eigenvalue weighted by Crippen LogP contribution is 2.10. The lowest BCUT2D eigenvalue weighted by atomic mass is 10.4. The Hall–Kier alpha value is 0.650. The Morgan fingerprint density at radius 1 is 1.11 bits per heavy atom. The summed E-state index contributed by atoms with van der Waals surface area (Å²) in [4.78, 5) is 0. The second-order valence-electron chi connectivity index (χ2n) is 3.10. The van der Waals surface area contributed by atoms with E-state index in [1.54, 1.807) is 0 Å². The smallest absolute Gasteiger partial charge is 0.317 e. The van der Waals surface area contributed by atoms with Crippen LogP contribution in [0.25, 0.3) is 0 Å². The van der Waals surface area contributed by atoms with Gasteiger partial charge in [0.2, 0.25) is 0 Å². The average molecular weight is 365 g/mol. The second kappa shape index (κ2) is 8.05. The fourth-order valence-corrected chi connectivity index (χ4v) is 1.50. The molecule has 0 amide bonds. The fourth-order valence-electron chi connectivity index (χ4n) is 0.970. The monoisotopic (exact) mass is 363 g/mol. The molecule has 1 fully saturated rings. The van der Waals surface area contributed by atoms with Crippen LogP contribution in [0, 0.1) is 0 Å². The van der Waals surface area contributed by atoms with Crippen LogP contribution in [0.5, 0.6) is 0 Å². The number of hydrogen-bond donors (Lipinski definition) is 0. The first kappa shape index (κ1) is 18.7. The normalized spacial score (nSPS) is 17.6. The van der Waals surface area contributed by atoms with E-state index >= 15 is 0 Å². The summed E-state index contributed by atoms with van der Waals surface area (Å²) in [5.74, 6) is 0. The van der Waals surface area contributed by atoms with E-state index in [1.165, 1.54) is 7.05 Å². The zero-order valence-electron chi connectivity index (χ0n) is 9.25. The molecule has 0 radical (unpaired) electrons. The highest BCUT2D eigenvalue weighted by molar-refractivity contribution is 8.31. The van der Waals surface area contributed by atoms with Crippen molar-refractivity contribution in [3.63, 3.8) is 0 Å². The van der Waals surface area contributed by atoms with Gasteiger partial charge in [0.25, 0.3) is 9.24 Å². The van der Waals surface area contributed by atoms with Crippen LogP contribution in [-0.4, -0.2) is 54.2 Å². The van der Waals surface area contributed by atoms with Crippen molar-refractivity contribution in [1.29, 1.82) is 0 Å². The molecule has 1 saturated heterocycles. The minimum Gasteiger partial charge on any atom is -0.350 e. The van der Waals surface area contributed by atoms with E-state index < -0.39 is 17.5 Å². The molecule has 0 aromatic carbocycles. The molecular formula is C6H12Cl3NO6S2. The number of halogens is 3. The fraction of sp³-hybridized carbons (Fsp3) is 1.00. The minimum atomic E-state index is -3.72. The third-order valence-electron chi connectivity index (χ3n) is 1.74. The molecule has 1 heterocycles. The molecule has 1 aliphatic rings. The summed E-state index contributed by atoms with van der Waals surface area (Å²) in [6, 6.07) is 0. The van der Waals surface area contributed by atoms with Gasteiger partial charge in [-0.25, -0.2) is 0 Å². The van der Waals surface area contributed by atoms with Gasteiger partial charge in [0.15, 0.2) is 6.29 Å². The second-order valence-corrected chi connectivity index (χ2v) is 9.39. The van der Waals surface area contributed by atoms with Gasteiger partial charge in [-0.05, 0) is 0 Å². The summed E-state index contributed by atoms with van der Waals surface area (Å²) in [5, 5.41) is 0. The van der Waals surface area contributed by atoms with E-state index in [2.05, 4.69) is 21.4 Å². The van der Waals surface area contributed by atoms with Gasteiger partial charge in [-0.1, -0.05) is 0 Å². The van der Waals surface area contributed by atoms with Gasteiger partial charge >= 0.3 is 8.26 Å². The lowest BCUT2D eigenvalue weighted by Gasteiger charge is -2.14. The third-order valence-corrected chi connectivity index (χ3v) is 3.38. The Morgan fingerprint density at radius 2 is 1.50 bits per heavy atom. The van der Waals surface area contributed by atoms with Crippen LogP contribution >= 0.6 is 32.0 Å². The number of hydrogen-bond acceptors (Lipinski definition) is 6. The lowest BCUT2D eigenvalue weighted by molar-refractivity contribution is -0.0479. The first-order valence-corrected chi connectivity index (χ1v) is 9.93. The van der Waals surface area contributed by atoms with E-state index in [9.17, 15) is 8.42 Å². The van der Waals surface area contributed by atoms with Gasteiger partial charge in [0.1, 0.15) is 0 Å². The summed E-state index contributed by atoms with van der Waals surface area (Å²) in [5.41, 5.74) is 0. The number of rotatable bonds is 4. The van der Waals surface area contributed by atoms with Crippen molar-refractivity contribution < 1.29 is 26.3 Å². The predicted octanol–water partition coefficient (Wildman–Crippen LogP) is 0.874. The molecule has 0 bridgehead atoms. The molecule has 1 rings (SSSR count). The van der Waals surface area contributed by atoms with Crippen molar-refractivity contribution in [1.82, 2.24) is 4.31 Å². The lowest BCUT2D eigenvalue weighted by Crippen LogP contribution is -2.26. The number of ether oxygens (including phenoxy) is 2. The largest absolute Gasteiger partial charge is 0.350 e. The summed E-state index contributed by atoms with van der Waals surface area (Å²) < 4.78 is 51.1. The SMILES string of the molecule is CN(CCC1OCCO1)S(=O)(=O)Cl.O=S(=O)(Cl)Cl. The Labute approximate surface area is 119 Å². The molecule has 0 saturated carbocycles. The van der Waals surface area contributed by atoms with E-state index in [4.69, 9.17) is 28.6 Å². The highest BCUT2D eigenvalue weighted by atomic mass is 36.0. The van der Waals surface area contributed by atoms with Crippen LogP contribution in [0.3, 0.4) is 0 Å². The van der Waals surface area contributed by atoms with E-state index in [1.807, 2.05) is 0 Å². The Kier molecular flexibility index (Phi) is 8.34. The standard InChI is InChI=1S/C6H12ClNO4S.Cl2O2S/c1-8(13(7,9)10)3-2-6-11-4-5-12-6;1-5(2,3)4/h6H,2-5H2,1H3;. The Bertz CT molecular complexity index is 424. The Balaban J connectivity index is 0.000000494. The molecule has 0 aromatic heterocycles. The van der Waals surface area contributed by atoms with Crippen molar-refractivity contribution in [2.45, 2.75) is 12.7 Å². The molecule has 0 unspecified atom stereocenters. The molecule has 110 valence electrons. The van der Waals surface area contributed by atoms with Crippen LogP contribution in [0.1, 0.15) is 6.42 Å². The molecule has 12 heteroatoms. The maximum absolute atomic E-state index is 10.7. The average Bonchev–Trinajstić information content (AvgIpc) is 2.61. The van der Waals surface area contributed by atoms with Gasteiger partial charge < -0.3 is 9.47 Å². The zero-order valence-corrected chi connectivity index (χ0v) is 13.2. The van der Waals surface area contributed by atoms with Crippen LogP contribution in [-0.2, 0) is 27.0 Å². The van der Waals surface area contributed by atoms with Crippen molar-refractivity contribution in [2.75, 3.05) is 26.8 Å². The van der Waals surface area contributed by atoms with Crippen LogP contribution in [0.4, 0.5) is 0 Å². The predicted molar refractivity (Wildman–Crippen MR) is 68.3 cm³/mol. The van der Waals surface area contributed by atoms with Crippen LogP contribution in [0.2, 0.25) is 0 Å². The first-order chi connectivity index (χ1) is 8.00. The molecule has 0 spiro atoms. The van der Waals surface area contributed by atoms with E-state index in [-0.39, 0.29) is 6.29 Å². The zero-order chi connectivity index (χ0) is 14.4. The molecule has 0 aromatic rings. The van der Waals surface area contributed by atoms with Crippen molar-refractivity contribution >= 4 is 49.5 Å². The maximum atomic E-state index is 10.7. The molecule has 7 nitrogen and oxygen atoms in total. The van der Waals surface area contributed by atoms with Gasteiger partial charge in [0, 0.05) is 52.1 Å². The summed E-state index contributed by atoms with van der Waals surface area (Å²) in [6.07, 6.45) is 0.212. The van der Waals surface area contributed by atoms with Crippen molar-refractivity contribution in [3.05, 3.63) is 0 Å². The number of nitrogens with zero attached hydrogens (tertiary/aromatic N) is 1. The Morgan fingerprint density at radius 3 is 1.83 bits per heavy atom. The summed E-state index contributed by atoms with van der Waals surface area (Å²) in [7, 11) is 7.71. The molecular weight excluding hydrogens is 353 g/mol. The van der Waals surface area contributed by atoms with Gasteiger partial charge in [-0.2, -0.15) is 21.1 Å². The van der Waals surface area contributed by atoms with Crippen LogP contribution in [0.15, 0.2) is 0 Å². The molecule has 0 aliphatic carbocycles. The van der Waals surface area contributed by atoms with Crippen molar-refractivity contribution in [3.8, 4) is 0 Å². The molecule has 1 aliphatic heterocycles. The van der Waals surface area contributed by atoms with Crippen molar-refractivity contribution in [2.24, 2.45) is 0 Å². The summed E-state index contributed by atoms with van der Waals surface area (Å²) >= 11 is 0. The van der Waals surface area contributed by atoms with E-state index in [0.717, 1.165) is 4.31 Å². The van der Waals surface area contributed by atoms with Crippen LogP contribution < -0.4 is 0 Å². The molecule has 0 atom stereocenters. The topological polar surface area (TPSA) is 90.0 Å². The highest BCUT2D eigenvalue weighted by Gasteiger charge is 2.19. The van der Waals surface area contributed by atoms with Gasteiger partial charge in [-0.3, -0.25) is 0 Å². The maximum Gasteiger partial charge on any atom is 0.317 e. The van der Waals surface area contributed by atoms with Gasteiger partial charge in [-0.15, -0.1) is 0 Å².